The number of rotatable bonds is 10. The van der Waals surface area contributed by atoms with Crippen molar-refractivity contribution in [3.8, 4) is 17.2 Å². The Morgan fingerprint density at radius 2 is 1.58 bits per heavy atom. The van der Waals surface area contributed by atoms with Gasteiger partial charge in [0.2, 0.25) is 5.75 Å². The summed E-state index contributed by atoms with van der Waals surface area (Å²) in [5.74, 6) is 0.749. The molecule has 0 aliphatic rings. The van der Waals surface area contributed by atoms with Gasteiger partial charge in [-0.15, -0.1) is 0 Å². The highest BCUT2D eigenvalue weighted by Gasteiger charge is 2.23. The molecule has 2 aromatic carbocycles. The molecule has 0 fully saturated rings. The number of ether oxygens (including phenoxy) is 3. The van der Waals surface area contributed by atoms with Gasteiger partial charge >= 0.3 is 0 Å². The monoisotopic (exact) mass is 469 g/mol. The quantitative estimate of drug-likeness (QED) is 0.528. The number of hydrogen-bond donors (Lipinski definition) is 0. The molecule has 1 unspecified atom stereocenters. The number of hydrogen-bond acceptors (Lipinski definition) is 6. The summed E-state index contributed by atoms with van der Waals surface area (Å²) < 4.78 is 39.4. The van der Waals surface area contributed by atoms with Crippen LogP contribution in [0.4, 0.5) is 0 Å². The number of carbonyl (C=O) groups excluding carboxylic acids is 1. The van der Waals surface area contributed by atoms with Crippen LogP contribution in [0.5, 0.6) is 17.2 Å². The first kappa shape index (κ1) is 24.8. The highest BCUT2D eigenvalue weighted by atomic mass is 35.5. The zero-order valence-corrected chi connectivity index (χ0v) is 19.9. The van der Waals surface area contributed by atoms with Crippen molar-refractivity contribution in [2.24, 2.45) is 0 Å². The Kier molecular flexibility index (Phi) is 8.59. The van der Waals surface area contributed by atoms with E-state index >= 15 is 0 Å². The molecule has 0 aliphatic carbocycles. The Bertz CT molecular complexity index is 982. The fourth-order valence-corrected chi connectivity index (χ4v) is 4.13. The number of benzene rings is 2. The minimum absolute atomic E-state index is 0.0203. The summed E-state index contributed by atoms with van der Waals surface area (Å²) in [6.45, 7) is 0.326. The summed E-state index contributed by atoms with van der Waals surface area (Å²) in [7, 11) is 2.99. The van der Waals surface area contributed by atoms with Crippen molar-refractivity contribution in [1.29, 1.82) is 0 Å². The molecule has 1 amide bonds. The predicted octanol–water partition coefficient (Wildman–Crippen LogP) is 3.66. The molecule has 2 aromatic rings. The third-order valence-corrected chi connectivity index (χ3v) is 6.16. The van der Waals surface area contributed by atoms with E-state index in [2.05, 4.69) is 0 Å². The van der Waals surface area contributed by atoms with Crippen LogP contribution in [0, 0.1) is 0 Å². The van der Waals surface area contributed by atoms with E-state index in [1.54, 1.807) is 36.2 Å². The number of carbonyl (C=O) groups is 1. The molecule has 0 saturated heterocycles. The van der Waals surface area contributed by atoms with E-state index in [9.17, 15) is 13.2 Å². The minimum atomic E-state index is -3.15. The summed E-state index contributed by atoms with van der Waals surface area (Å²) in [5.41, 5.74) is 1.28. The average molecular weight is 470 g/mol. The molecule has 1 atom stereocenters. The van der Waals surface area contributed by atoms with Gasteiger partial charge in [0.1, 0.15) is 9.84 Å². The largest absolute Gasteiger partial charge is 0.493 e. The van der Waals surface area contributed by atoms with Crippen molar-refractivity contribution >= 4 is 27.3 Å². The Morgan fingerprint density at radius 3 is 2.03 bits per heavy atom. The number of amides is 1. The lowest BCUT2D eigenvalue weighted by Crippen LogP contribution is -2.32. The van der Waals surface area contributed by atoms with E-state index in [0.29, 0.717) is 40.8 Å². The summed E-state index contributed by atoms with van der Waals surface area (Å²) in [6.07, 6.45) is 1.59. The maximum absolute atomic E-state index is 13.1. The van der Waals surface area contributed by atoms with E-state index in [4.69, 9.17) is 25.8 Å². The van der Waals surface area contributed by atoms with Crippen LogP contribution in [-0.2, 0) is 9.84 Å². The van der Waals surface area contributed by atoms with Gasteiger partial charge in [-0.2, -0.15) is 0 Å². The predicted molar refractivity (Wildman–Crippen MR) is 122 cm³/mol. The normalized spacial score (nSPS) is 12.2. The van der Waals surface area contributed by atoms with Crippen LogP contribution in [0.2, 0.25) is 5.02 Å². The van der Waals surface area contributed by atoms with Crippen LogP contribution in [-0.4, -0.2) is 66.2 Å². The molecule has 0 N–H and O–H groups in total. The molecule has 0 bridgehead atoms. The van der Waals surface area contributed by atoms with Gasteiger partial charge in [-0.3, -0.25) is 4.79 Å². The van der Waals surface area contributed by atoms with Crippen molar-refractivity contribution in [2.75, 3.05) is 46.9 Å². The molecular weight excluding hydrogens is 442 g/mol. The molecule has 0 spiro atoms. The number of nitrogens with zero attached hydrogens (tertiary/aromatic N) is 1. The highest BCUT2D eigenvalue weighted by Crippen LogP contribution is 2.38. The van der Waals surface area contributed by atoms with Crippen LogP contribution in [0.1, 0.15) is 28.3 Å². The van der Waals surface area contributed by atoms with Crippen molar-refractivity contribution in [1.82, 2.24) is 4.90 Å². The first-order valence-electron chi connectivity index (χ1n) is 9.58. The minimum Gasteiger partial charge on any atom is -0.493 e. The Labute approximate surface area is 188 Å². The Morgan fingerprint density at radius 1 is 1.03 bits per heavy atom. The van der Waals surface area contributed by atoms with Crippen LogP contribution >= 0.6 is 11.6 Å². The molecule has 31 heavy (non-hydrogen) atoms. The molecule has 0 radical (unpaired) electrons. The average Bonchev–Trinajstić information content (AvgIpc) is 2.74. The van der Waals surface area contributed by atoms with Crippen LogP contribution in [0.3, 0.4) is 0 Å². The van der Waals surface area contributed by atoms with E-state index in [-0.39, 0.29) is 17.6 Å². The van der Waals surface area contributed by atoms with Gasteiger partial charge in [-0.25, -0.2) is 8.42 Å². The fraction of sp³-hybridized carbons (Fsp3) is 0.409. The van der Waals surface area contributed by atoms with Crippen LogP contribution in [0.25, 0.3) is 0 Å². The second-order valence-electron chi connectivity index (χ2n) is 7.27. The zero-order valence-electron chi connectivity index (χ0n) is 18.3. The van der Waals surface area contributed by atoms with Crippen molar-refractivity contribution in [3.05, 3.63) is 52.5 Å². The zero-order chi connectivity index (χ0) is 23.2. The molecule has 2 rings (SSSR count). The van der Waals surface area contributed by atoms with Gasteiger partial charge in [0.25, 0.3) is 5.91 Å². The lowest BCUT2D eigenvalue weighted by Gasteiger charge is -2.25. The first-order valence-corrected chi connectivity index (χ1v) is 12.0. The number of methoxy groups -OCH3 is 3. The molecule has 0 saturated carbocycles. The van der Waals surface area contributed by atoms with Gasteiger partial charge in [0.15, 0.2) is 11.5 Å². The molecule has 9 heteroatoms. The summed E-state index contributed by atoms with van der Waals surface area (Å²) in [4.78, 5) is 14.7. The van der Waals surface area contributed by atoms with Gasteiger partial charge in [-0.05, 0) is 36.2 Å². The molecule has 7 nitrogen and oxygen atoms in total. The smallest absolute Gasteiger partial charge is 0.253 e. The summed E-state index contributed by atoms with van der Waals surface area (Å²) >= 11 is 5.99. The molecule has 0 aliphatic heterocycles. The third kappa shape index (κ3) is 6.77. The molecule has 170 valence electrons. The fourth-order valence-electron chi connectivity index (χ4n) is 3.29. The van der Waals surface area contributed by atoms with Gasteiger partial charge in [0, 0.05) is 36.4 Å². The first-order chi connectivity index (χ1) is 14.6. The van der Waals surface area contributed by atoms with Crippen molar-refractivity contribution in [2.45, 2.75) is 12.3 Å². The molecule has 0 aromatic heterocycles. The van der Waals surface area contributed by atoms with Gasteiger partial charge in [0.05, 0.1) is 27.1 Å². The number of likely N-dealkylation sites (N-methyl/N-ethyl adjacent to an activating group) is 1. The Hall–Kier alpha value is -2.45. The lowest BCUT2D eigenvalue weighted by molar-refractivity contribution is 0.0784. The second-order valence-corrected chi connectivity index (χ2v) is 9.96. The maximum Gasteiger partial charge on any atom is 0.253 e. The Balaban J connectivity index is 2.30. The lowest BCUT2D eigenvalue weighted by atomic mass is 9.95. The standard InChI is InChI=1S/C22H28ClNO6S/c1-24(22(25)17-12-19(28-2)21(30-4)20(13-17)29-3)14-16(10-11-31(5,26)27)15-6-8-18(23)9-7-15/h6-9,12-13,16H,10-11,14H2,1-5H3. The van der Waals surface area contributed by atoms with E-state index in [1.807, 2.05) is 12.1 Å². The summed E-state index contributed by atoms with van der Waals surface area (Å²) in [5, 5.41) is 0.590. The SMILES string of the molecule is COc1cc(C(=O)N(C)CC(CCS(C)(=O)=O)c2ccc(Cl)cc2)cc(OC)c1OC. The topological polar surface area (TPSA) is 82.1 Å². The number of halogens is 1. The van der Waals surface area contributed by atoms with Crippen LogP contribution < -0.4 is 14.2 Å². The van der Waals surface area contributed by atoms with E-state index in [1.165, 1.54) is 27.6 Å². The highest BCUT2D eigenvalue weighted by molar-refractivity contribution is 7.90. The third-order valence-electron chi connectivity index (χ3n) is 4.93. The maximum atomic E-state index is 13.1. The van der Waals surface area contributed by atoms with Crippen molar-refractivity contribution in [3.63, 3.8) is 0 Å². The van der Waals surface area contributed by atoms with E-state index in [0.717, 1.165) is 5.56 Å². The van der Waals surface area contributed by atoms with Crippen LogP contribution in [0.15, 0.2) is 36.4 Å². The second kappa shape index (κ2) is 10.7. The van der Waals surface area contributed by atoms with Gasteiger partial charge in [-0.1, -0.05) is 23.7 Å². The van der Waals surface area contributed by atoms with Crippen molar-refractivity contribution < 1.29 is 27.4 Å². The molecule has 0 heterocycles. The number of sulfone groups is 1. The summed E-state index contributed by atoms with van der Waals surface area (Å²) in [6, 6.07) is 10.4. The van der Waals surface area contributed by atoms with E-state index < -0.39 is 9.84 Å². The molecular formula is C22H28ClNO6S. The van der Waals surface area contributed by atoms with Gasteiger partial charge < -0.3 is 19.1 Å².